The minimum absolute atomic E-state index is 0.277. The fourth-order valence-electron chi connectivity index (χ4n) is 0.643. The van der Waals surface area contributed by atoms with Crippen LogP contribution in [0.5, 0.6) is 6.01 Å². The summed E-state index contributed by atoms with van der Waals surface area (Å²) in [6.07, 6.45) is 1.58. The molecular weight excluding hydrogens is 142 g/mol. The number of hydrogen-bond acceptors (Lipinski definition) is 3. The van der Waals surface area contributed by atoms with Gasteiger partial charge in [-0.2, -0.15) is 4.98 Å². The van der Waals surface area contributed by atoms with E-state index < -0.39 is 0 Å². The average molecular weight is 149 g/mol. The molecule has 4 heteroatoms. The molecule has 0 aliphatic rings. The van der Waals surface area contributed by atoms with Crippen LogP contribution in [-0.2, 0) is 6.54 Å². The predicted molar refractivity (Wildman–Crippen MR) is 38.9 cm³/mol. The van der Waals surface area contributed by atoms with Gasteiger partial charge in [0.05, 0.1) is 7.11 Å². The van der Waals surface area contributed by atoms with Crippen LogP contribution in [0.1, 0.15) is 5.69 Å². The van der Waals surface area contributed by atoms with Crippen LogP contribution in [0, 0.1) is 6.57 Å². The first-order valence-electron chi connectivity index (χ1n) is 3.06. The smallest absolute Gasteiger partial charge is 0.316 e. The fourth-order valence-corrected chi connectivity index (χ4v) is 0.643. The Morgan fingerprint density at radius 3 is 3.18 bits per heavy atom. The van der Waals surface area contributed by atoms with E-state index in [0.717, 1.165) is 0 Å². The molecule has 0 fully saturated rings. The quantitative estimate of drug-likeness (QED) is 0.586. The van der Waals surface area contributed by atoms with Crippen molar-refractivity contribution in [1.82, 2.24) is 9.97 Å². The van der Waals surface area contributed by atoms with Crippen LogP contribution >= 0.6 is 0 Å². The molecule has 0 bridgehead atoms. The Bertz CT molecular complexity index is 279. The van der Waals surface area contributed by atoms with Gasteiger partial charge < -0.3 is 9.58 Å². The highest BCUT2D eigenvalue weighted by molar-refractivity contribution is 5.06. The van der Waals surface area contributed by atoms with Crippen molar-refractivity contribution < 1.29 is 4.74 Å². The van der Waals surface area contributed by atoms with Crippen molar-refractivity contribution >= 4 is 0 Å². The molecule has 11 heavy (non-hydrogen) atoms. The van der Waals surface area contributed by atoms with Crippen molar-refractivity contribution in [3.05, 3.63) is 29.4 Å². The molecule has 0 radical (unpaired) electrons. The molecule has 1 heterocycles. The lowest BCUT2D eigenvalue weighted by Gasteiger charge is -1.95. The zero-order valence-corrected chi connectivity index (χ0v) is 6.11. The van der Waals surface area contributed by atoms with Gasteiger partial charge in [0, 0.05) is 6.20 Å². The van der Waals surface area contributed by atoms with Crippen LogP contribution in [-0.4, -0.2) is 17.1 Å². The Balaban J connectivity index is 2.84. The van der Waals surface area contributed by atoms with Crippen molar-refractivity contribution in [3.63, 3.8) is 0 Å². The van der Waals surface area contributed by atoms with Crippen LogP contribution in [0.15, 0.2) is 12.3 Å². The Kier molecular flexibility index (Phi) is 2.39. The van der Waals surface area contributed by atoms with E-state index in [2.05, 4.69) is 14.8 Å². The van der Waals surface area contributed by atoms with E-state index in [0.29, 0.717) is 11.7 Å². The van der Waals surface area contributed by atoms with Crippen LogP contribution in [0.4, 0.5) is 0 Å². The van der Waals surface area contributed by atoms with Crippen molar-refractivity contribution in [2.24, 2.45) is 0 Å². The molecule has 0 unspecified atom stereocenters. The molecule has 56 valence electrons. The third-order valence-corrected chi connectivity index (χ3v) is 1.11. The Hall–Kier alpha value is -1.63. The number of rotatable bonds is 2. The van der Waals surface area contributed by atoms with E-state index in [1.807, 2.05) is 0 Å². The summed E-state index contributed by atoms with van der Waals surface area (Å²) >= 11 is 0. The van der Waals surface area contributed by atoms with Gasteiger partial charge in [-0.1, -0.05) is 0 Å². The van der Waals surface area contributed by atoms with Gasteiger partial charge in [-0.25, -0.2) is 11.6 Å². The highest BCUT2D eigenvalue weighted by atomic mass is 16.5. The Labute approximate surface area is 64.7 Å². The zero-order chi connectivity index (χ0) is 8.10. The lowest BCUT2D eigenvalue weighted by molar-refractivity contribution is 0.378. The minimum Gasteiger partial charge on any atom is -0.467 e. The number of aromatic nitrogens is 2. The van der Waals surface area contributed by atoms with E-state index in [4.69, 9.17) is 11.3 Å². The summed E-state index contributed by atoms with van der Waals surface area (Å²) in [5, 5.41) is 0. The molecule has 1 aromatic rings. The van der Waals surface area contributed by atoms with E-state index >= 15 is 0 Å². The average Bonchev–Trinajstić information content (AvgIpc) is 2.06. The molecular formula is C7H7N3O. The monoisotopic (exact) mass is 149 g/mol. The third kappa shape index (κ3) is 1.90. The van der Waals surface area contributed by atoms with Gasteiger partial charge in [-0.05, 0) is 6.07 Å². The lowest BCUT2D eigenvalue weighted by atomic mass is 10.4. The molecule has 0 spiro atoms. The van der Waals surface area contributed by atoms with Crippen molar-refractivity contribution in [3.8, 4) is 6.01 Å². The van der Waals surface area contributed by atoms with Crippen molar-refractivity contribution in [2.45, 2.75) is 6.54 Å². The molecule has 0 N–H and O–H groups in total. The summed E-state index contributed by atoms with van der Waals surface area (Å²) in [4.78, 5) is 10.9. The standard InChI is InChI=1S/C7H7N3O/c1-8-5-6-3-4-9-7(10-6)11-2/h3-4H,5H2,2H3. The maximum Gasteiger partial charge on any atom is 0.316 e. The number of methoxy groups -OCH3 is 1. The molecule has 1 aromatic heterocycles. The van der Waals surface area contributed by atoms with E-state index in [9.17, 15) is 0 Å². The van der Waals surface area contributed by atoms with Crippen molar-refractivity contribution in [2.75, 3.05) is 7.11 Å². The second-order valence-electron chi connectivity index (χ2n) is 1.85. The number of nitrogens with zero attached hydrogens (tertiary/aromatic N) is 3. The van der Waals surface area contributed by atoms with Crippen LogP contribution in [0.2, 0.25) is 0 Å². The van der Waals surface area contributed by atoms with Crippen LogP contribution in [0.3, 0.4) is 0 Å². The van der Waals surface area contributed by atoms with E-state index in [1.54, 1.807) is 12.3 Å². The van der Waals surface area contributed by atoms with Gasteiger partial charge in [-0.3, -0.25) is 0 Å². The van der Waals surface area contributed by atoms with E-state index in [-0.39, 0.29) is 6.54 Å². The first kappa shape index (κ1) is 7.48. The molecule has 0 aromatic carbocycles. The molecule has 0 atom stereocenters. The van der Waals surface area contributed by atoms with Gasteiger partial charge >= 0.3 is 6.01 Å². The molecule has 0 aliphatic heterocycles. The maximum atomic E-state index is 6.59. The Morgan fingerprint density at radius 1 is 1.73 bits per heavy atom. The summed E-state index contributed by atoms with van der Waals surface area (Å²) < 4.78 is 4.78. The number of ether oxygens (including phenoxy) is 1. The predicted octanol–water partition coefficient (Wildman–Crippen LogP) is 0.904. The highest BCUT2D eigenvalue weighted by Crippen LogP contribution is 2.02. The first-order chi connectivity index (χ1) is 5.36. The molecule has 0 saturated carbocycles. The van der Waals surface area contributed by atoms with Gasteiger partial charge in [0.2, 0.25) is 0 Å². The summed E-state index contributed by atoms with van der Waals surface area (Å²) in [7, 11) is 1.50. The Morgan fingerprint density at radius 2 is 2.55 bits per heavy atom. The largest absolute Gasteiger partial charge is 0.467 e. The summed E-state index contributed by atoms with van der Waals surface area (Å²) in [5.74, 6) is 0. The van der Waals surface area contributed by atoms with E-state index in [1.165, 1.54) is 7.11 Å². The van der Waals surface area contributed by atoms with Gasteiger partial charge in [0.15, 0.2) is 0 Å². The van der Waals surface area contributed by atoms with Crippen molar-refractivity contribution in [1.29, 1.82) is 0 Å². The SMILES string of the molecule is [C-]#[N+]Cc1ccnc(OC)n1. The topological polar surface area (TPSA) is 39.4 Å². The van der Waals surface area contributed by atoms with Gasteiger partial charge in [0.1, 0.15) is 5.69 Å². The van der Waals surface area contributed by atoms with Gasteiger partial charge in [-0.15, -0.1) is 0 Å². The maximum absolute atomic E-state index is 6.59. The second-order valence-corrected chi connectivity index (χ2v) is 1.85. The number of hydrogen-bond donors (Lipinski definition) is 0. The summed E-state index contributed by atoms with van der Waals surface area (Å²) in [6, 6.07) is 2.01. The lowest BCUT2D eigenvalue weighted by Crippen LogP contribution is -1.94. The van der Waals surface area contributed by atoms with Crippen LogP contribution < -0.4 is 4.74 Å². The second kappa shape index (κ2) is 3.52. The molecule has 0 aliphatic carbocycles. The first-order valence-corrected chi connectivity index (χ1v) is 3.06. The molecule has 0 amide bonds. The summed E-state index contributed by atoms with van der Waals surface area (Å²) in [6.45, 7) is 6.87. The minimum atomic E-state index is 0.277. The van der Waals surface area contributed by atoms with Gasteiger partial charge in [0.25, 0.3) is 6.54 Å². The molecule has 1 rings (SSSR count). The third-order valence-electron chi connectivity index (χ3n) is 1.11. The fraction of sp³-hybridized carbons (Fsp3) is 0.286. The van der Waals surface area contributed by atoms with Crippen LogP contribution in [0.25, 0.3) is 4.85 Å². The summed E-state index contributed by atoms with van der Waals surface area (Å²) in [5.41, 5.74) is 0.687. The normalized spacial score (nSPS) is 8.73. The highest BCUT2D eigenvalue weighted by Gasteiger charge is 1.98. The molecule has 0 saturated heterocycles. The zero-order valence-electron chi connectivity index (χ0n) is 6.11. The molecule has 4 nitrogen and oxygen atoms in total.